The molecule has 1 unspecified atom stereocenters. The normalized spacial score (nSPS) is 12.5. The highest BCUT2D eigenvalue weighted by Gasteiger charge is 2.14. The van der Waals surface area contributed by atoms with Crippen molar-refractivity contribution in [3.05, 3.63) is 69.5 Å². The fourth-order valence-electron chi connectivity index (χ4n) is 2.11. The number of rotatable bonds is 3. The first-order valence-electron chi connectivity index (χ1n) is 6.24. The summed E-state index contributed by atoms with van der Waals surface area (Å²) in [7, 11) is 0. The molecule has 0 saturated carbocycles. The molecule has 0 aliphatic heterocycles. The number of hydrogen-bond donors (Lipinski definition) is 1. The second kappa shape index (κ2) is 5.72. The highest BCUT2D eigenvalue weighted by molar-refractivity contribution is 6.31. The maximum atomic E-state index is 13.8. The lowest BCUT2D eigenvalue weighted by Gasteiger charge is -2.15. The fourth-order valence-corrected chi connectivity index (χ4v) is 2.42. The van der Waals surface area contributed by atoms with Gasteiger partial charge < -0.3 is 5.73 Å². The van der Waals surface area contributed by atoms with E-state index in [2.05, 4.69) is 0 Å². The van der Waals surface area contributed by atoms with E-state index in [9.17, 15) is 4.39 Å². The topological polar surface area (TPSA) is 26.0 Å². The molecule has 0 saturated heterocycles. The third-order valence-electron chi connectivity index (χ3n) is 3.20. The fraction of sp³-hybridized carbons (Fsp3) is 0.250. The van der Waals surface area contributed by atoms with E-state index in [4.69, 9.17) is 17.3 Å². The number of benzene rings is 2. The monoisotopic (exact) mass is 277 g/mol. The summed E-state index contributed by atoms with van der Waals surface area (Å²) in [6.45, 7) is 3.91. The minimum atomic E-state index is -0.389. The van der Waals surface area contributed by atoms with Crippen molar-refractivity contribution in [2.24, 2.45) is 5.73 Å². The number of halogens is 2. The van der Waals surface area contributed by atoms with E-state index < -0.39 is 0 Å². The Morgan fingerprint density at radius 1 is 1.11 bits per heavy atom. The zero-order valence-corrected chi connectivity index (χ0v) is 11.8. The Morgan fingerprint density at radius 3 is 2.42 bits per heavy atom. The van der Waals surface area contributed by atoms with Crippen molar-refractivity contribution in [1.82, 2.24) is 0 Å². The lowest BCUT2D eigenvalue weighted by molar-refractivity contribution is 0.579. The summed E-state index contributed by atoms with van der Waals surface area (Å²) in [6, 6.07) is 10.4. The Hall–Kier alpha value is -1.38. The van der Waals surface area contributed by atoms with Crippen molar-refractivity contribution in [1.29, 1.82) is 0 Å². The summed E-state index contributed by atoms with van der Waals surface area (Å²) in [5.74, 6) is -0.263. The van der Waals surface area contributed by atoms with Gasteiger partial charge in [-0.2, -0.15) is 0 Å². The minimum absolute atomic E-state index is 0.263. The number of nitrogens with two attached hydrogens (primary N) is 1. The van der Waals surface area contributed by atoms with E-state index >= 15 is 0 Å². The second-order valence-corrected chi connectivity index (χ2v) is 5.34. The molecule has 0 heterocycles. The van der Waals surface area contributed by atoms with Gasteiger partial charge >= 0.3 is 0 Å². The lowest BCUT2D eigenvalue weighted by Crippen LogP contribution is -2.15. The summed E-state index contributed by atoms with van der Waals surface area (Å²) in [6.07, 6.45) is 0.527. The second-order valence-electron chi connectivity index (χ2n) is 4.93. The van der Waals surface area contributed by atoms with Gasteiger partial charge in [-0.3, -0.25) is 0 Å². The van der Waals surface area contributed by atoms with E-state index in [-0.39, 0.29) is 11.9 Å². The van der Waals surface area contributed by atoms with Crippen LogP contribution in [0.5, 0.6) is 0 Å². The molecule has 2 rings (SSSR count). The molecular weight excluding hydrogens is 261 g/mol. The molecule has 2 aromatic carbocycles. The smallest absolute Gasteiger partial charge is 0.128 e. The molecule has 0 aromatic heterocycles. The van der Waals surface area contributed by atoms with Gasteiger partial charge in [0.1, 0.15) is 5.82 Å². The Bertz CT molecular complexity index is 595. The molecule has 19 heavy (non-hydrogen) atoms. The van der Waals surface area contributed by atoms with Crippen LogP contribution in [0.3, 0.4) is 0 Å². The van der Waals surface area contributed by atoms with Crippen LogP contribution in [0.4, 0.5) is 4.39 Å². The largest absolute Gasteiger partial charge is 0.324 e. The average molecular weight is 278 g/mol. The zero-order chi connectivity index (χ0) is 14.0. The molecule has 0 aliphatic carbocycles. The predicted octanol–water partition coefficient (Wildman–Crippen LogP) is 4.34. The zero-order valence-electron chi connectivity index (χ0n) is 11.1. The molecule has 0 bridgehead atoms. The van der Waals surface area contributed by atoms with Crippen LogP contribution in [0, 0.1) is 19.7 Å². The molecule has 100 valence electrons. The van der Waals surface area contributed by atoms with E-state index in [0.717, 1.165) is 16.7 Å². The van der Waals surface area contributed by atoms with Crippen molar-refractivity contribution in [3.63, 3.8) is 0 Å². The van der Waals surface area contributed by atoms with Gasteiger partial charge in [-0.15, -0.1) is 0 Å². The van der Waals surface area contributed by atoms with E-state index in [0.29, 0.717) is 17.0 Å². The van der Waals surface area contributed by atoms with E-state index in [1.54, 1.807) is 12.1 Å². The van der Waals surface area contributed by atoms with E-state index in [1.165, 1.54) is 6.07 Å². The predicted molar refractivity (Wildman–Crippen MR) is 78.0 cm³/mol. The summed E-state index contributed by atoms with van der Waals surface area (Å²) < 4.78 is 13.8. The van der Waals surface area contributed by atoms with Gasteiger partial charge in [-0.1, -0.05) is 41.4 Å². The molecule has 1 atom stereocenters. The van der Waals surface area contributed by atoms with Gasteiger partial charge in [0.25, 0.3) is 0 Å². The van der Waals surface area contributed by atoms with E-state index in [1.807, 2.05) is 32.0 Å². The molecule has 2 N–H and O–H groups in total. The Kier molecular flexibility index (Phi) is 4.23. The summed E-state index contributed by atoms with van der Waals surface area (Å²) in [5.41, 5.74) is 9.69. The lowest BCUT2D eigenvalue weighted by atomic mass is 9.97. The van der Waals surface area contributed by atoms with Crippen LogP contribution in [0.25, 0.3) is 0 Å². The molecule has 0 aliphatic rings. The molecule has 0 spiro atoms. The first-order valence-corrected chi connectivity index (χ1v) is 6.62. The maximum absolute atomic E-state index is 13.8. The van der Waals surface area contributed by atoms with Crippen molar-refractivity contribution in [2.45, 2.75) is 26.3 Å². The highest BCUT2D eigenvalue weighted by Crippen LogP contribution is 2.25. The van der Waals surface area contributed by atoms with Crippen LogP contribution in [0.15, 0.2) is 36.4 Å². The molecule has 0 fully saturated rings. The van der Waals surface area contributed by atoms with Crippen molar-refractivity contribution < 1.29 is 4.39 Å². The van der Waals surface area contributed by atoms with Crippen LogP contribution >= 0.6 is 11.6 Å². The van der Waals surface area contributed by atoms with Crippen LogP contribution in [0.1, 0.15) is 28.3 Å². The molecule has 0 amide bonds. The Labute approximate surface area is 118 Å². The van der Waals surface area contributed by atoms with Crippen molar-refractivity contribution in [2.75, 3.05) is 0 Å². The first kappa shape index (κ1) is 14.0. The maximum Gasteiger partial charge on any atom is 0.128 e. The Morgan fingerprint density at radius 2 is 1.74 bits per heavy atom. The molecule has 2 aromatic rings. The van der Waals surface area contributed by atoms with Crippen LogP contribution < -0.4 is 5.73 Å². The summed E-state index contributed by atoms with van der Waals surface area (Å²) >= 11 is 6.18. The minimum Gasteiger partial charge on any atom is -0.324 e. The highest BCUT2D eigenvalue weighted by atomic mass is 35.5. The van der Waals surface area contributed by atoms with Crippen LogP contribution in [-0.4, -0.2) is 0 Å². The van der Waals surface area contributed by atoms with Gasteiger partial charge in [0.2, 0.25) is 0 Å². The molecule has 0 radical (unpaired) electrons. The molecular formula is C16H17ClFN. The Balaban J connectivity index is 2.25. The molecule has 3 heteroatoms. The van der Waals surface area contributed by atoms with Crippen molar-refractivity contribution >= 4 is 11.6 Å². The quantitative estimate of drug-likeness (QED) is 0.887. The van der Waals surface area contributed by atoms with Gasteiger partial charge in [-0.25, -0.2) is 4.39 Å². The van der Waals surface area contributed by atoms with Crippen LogP contribution in [0.2, 0.25) is 5.02 Å². The number of aryl methyl sites for hydroxylation is 2. The molecule has 1 nitrogen and oxygen atoms in total. The standard InChI is InChI=1S/C16H17ClFN/c1-10-4-6-15(18)13(7-10)16(19)9-12-5-3-11(2)8-14(12)17/h3-8,16H,9,19H2,1-2H3. The van der Waals surface area contributed by atoms with Gasteiger partial charge in [-0.05, 0) is 43.5 Å². The van der Waals surface area contributed by atoms with Gasteiger partial charge in [0, 0.05) is 16.6 Å². The summed E-state index contributed by atoms with van der Waals surface area (Å²) in [5, 5.41) is 0.684. The average Bonchev–Trinajstić information content (AvgIpc) is 2.35. The van der Waals surface area contributed by atoms with Gasteiger partial charge in [0.15, 0.2) is 0 Å². The third-order valence-corrected chi connectivity index (χ3v) is 3.55. The van der Waals surface area contributed by atoms with Crippen molar-refractivity contribution in [3.8, 4) is 0 Å². The SMILES string of the molecule is Cc1ccc(CC(N)c2cc(C)ccc2F)c(Cl)c1. The summed E-state index contributed by atoms with van der Waals surface area (Å²) in [4.78, 5) is 0. The first-order chi connectivity index (χ1) is 8.97. The van der Waals surface area contributed by atoms with Crippen LogP contribution in [-0.2, 0) is 6.42 Å². The van der Waals surface area contributed by atoms with Gasteiger partial charge in [0.05, 0.1) is 0 Å². The number of hydrogen-bond acceptors (Lipinski definition) is 1. The third kappa shape index (κ3) is 3.34.